The van der Waals surface area contributed by atoms with E-state index in [9.17, 15) is 12.8 Å². The fourth-order valence-electron chi connectivity index (χ4n) is 2.24. The molecular formula is C13H18BrFN2O2S. The minimum absolute atomic E-state index is 0.149. The summed E-state index contributed by atoms with van der Waals surface area (Å²) < 4.78 is 38.9. The third kappa shape index (κ3) is 3.78. The van der Waals surface area contributed by atoms with Crippen molar-refractivity contribution < 1.29 is 12.8 Å². The Bertz CT molecular complexity index is 572. The number of piperazine rings is 1. The summed E-state index contributed by atoms with van der Waals surface area (Å²) in [4.78, 5) is 2.18. The molecule has 0 bridgehead atoms. The lowest BCUT2D eigenvalue weighted by Gasteiger charge is -2.33. The van der Waals surface area contributed by atoms with Crippen molar-refractivity contribution in [2.24, 2.45) is 0 Å². The van der Waals surface area contributed by atoms with Crippen LogP contribution in [0.2, 0.25) is 0 Å². The van der Waals surface area contributed by atoms with Gasteiger partial charge in [0.05, 0.1) is 5.75 Å². The van der Waals surface area contributed by atoms with Gasteiger partial charge in [-0.3, -0.25) is 4.90 Å². The molecule has 1 heterocycles. The van der Waals surface area contributed by atoms with Crippen molar-refractivity contribution in [2.75, 3.05) is 31.9 Å². The van der Waals surface area contributed by atoms with Crippen LogP contribution in [-0.4, -0.2) is 49.6 Å². The molecule has 1 aliphatic rings. The third-order valence-corrected chi connectivity index (χ3v) is 6.12. The van der Waals surface area contributed by atoms with Crippen molar-refractivity contribution in [2.45, 2.75) is 13.5 Å². The summed E-state index contributed by atoms with van der Waals surface area (Å²) in [6.07, 6.45) is 0. The zero-order valence-electron chi connectivity index (χ0n) is 11.3. The summed E-state index contributed by atoms with van der Waals surface area (Å²) in [5.74, 6) is -0.115. The first-order chi connectivity index (χ1) is 9.42. The van der Waals surface area contributed by atoms with Crippen molar-refractivity contribution in [1.82, 2.24) is 9.21 Å². The summed E-state index contributed by atoms with van der Waals surface area (Å²) >= 11 is 3.36. The van der Waals surface area contributed by atoms with E-state index in [1.165, 1.54) is 12.1 Å². The molecule has 0 N–H and O–H groups in total. The van der Waals surface area contributed by atoms with E-state index in [1.54, 1.807) is 17.3 Å². The zero-order chi connectivity index (χ0) is 14.8. The monoisotopic (exact) mass is 364 g/mol. The van der Waals surface area contributed by atoms with E-state index in [-0.39, 0.29) is 11.6 Å². The largest absolute Gasteiger partial charge is 0.296 e. The van der Waals surface area contributed by atoms with Gasteiger partial charge in [0.25, 0.3) is 0 Å². The van der Waals surface area contributed by atoms with Crippen LogP contribution in [0.5, 0.6) is 0 Å². The van der Waals surface area contributed by atoms with Gasteiger partial charge in [0.1, 0.15) is 5.82 Å². The van der Waals surface area contributed by atoms with E-state index in [0.717, 1.165) is 10.0 Å². The Balaban J connectivity index is 1.95. The van der Waals surface area contributed by atoms with E-state index in [0.29, 0.717) is 32.7 Å². The molecule has 112 valence electrons. The predicted molar refractivity (Wildman–Crippen MR) is 80.4 cm³/mol. The molecule has 1 aromatic rings. The van der Waals surface area contributed by atoms with Crippen LogP contribution in [-0.2, 0) is 16.6 Å². The Morgan fingerprint density at radius 2 is 1.90 bits per heavy atom. The molecular weight excluding hydrogens is 347 g/mol. The molecule has 20 heavy (non-hydrogen) atoms. The normalized spacial score (nSPS) is 18.4. The predicted octanol–water partition coefficient (Wildman–Crippen LogP) is 2.06. The van der Waals surface area contributed by atoms with Crippen LogP contribution in [0.3, 0.4) is 0 Å². The maximum atomic E-state index is 13.0. The quantitative estimate of drug-likeness (QED) is 0.820. The number of nitrogens with zero attached hydrogens (tertiary/aromatic N) is 2. The average Bonchev–Trinajstić information content (AvgIpc) is 2.42. The van der Waals surface area contributed by atoms with Crippen molar-refractivity contribution in [3.05, 3.63) is 34.1 Å². The topological polar surface area (TPSA) is 40.6 Å². The van der Waals surface area contributed by atoms with Crippen molar-refractivity contribution in [3.63, 3.8) is 0 Å². The zero-order valence-corrected chi connectivity index (χ0v) is 13.8. The van der Waals surface area contributed by atoms with Gasteiger partial charge >= 0.3 is 0 Å². The molecule has 0 unspecified atom stereocenters. The molecule has 1 aromatic carbocycles. The molecule has 1 fully saturated rings. The highest BCUT2D eigenvalue weighted by Gasteiger charge is 2.25. The first-order valence-electron chi connectivity index (χ1n) is 6.56. The maximum absolute atomic E-state index is 13.0. The van der Waals surface area contributed by atoms with Crippen molar-refractivity contribution in [3.8, 4) is 0 Å². The highest BCUT2D eigenvalue weighted by Crippen LogP contribution is 2.20. The number of hydrogen-bond donors (Lipinski definition) is 0. The molecule has 0 atom stereocenters. The van der Waals surface area contributed by atoms with Crippen LogP contribution in [0.25, 0.3) is 0 Å². The standard InChI is InChI=1S/C13H18BrFN2O2S/c1-2-20(18,19)17-7-5-16(6-8-17)10-11-3-4-12(15)9-13(11)14/h3-4,9H,2,5-8,10H2,1H3. The van der Waals surface area contributed by atoms with Gasteiger partial charge in [-0.2, -0.15) is 4.31 Å². The Morgan fingerprint density at radius 3 is 2.45 bits per heavy atom. The van der Waals surface area contributed by atoms with E-state index >= 15 is 0 Å². The second-order valence-corrected chi connectivity index (χ2v) is 7.92. The maximum Gasteiger partial charge on any atom is 0.213 e. The molecule has 0 aliphatic carbocycles. The van der Waals surface area contributed by atoms with Crippen molar-refractivity contribution >= 4 is 26.0 Å². The van der Waals surface area contributed by atoms with Gasteiger partial charge in [-0.05, 0) is 24.6 Å². The summed E-state index contributed by atoms with van der Waals surface area (Å²) in [6.45, 7) is 4.80. The van der Waals surface area contributed by atoms with E-state index in [2.05, 4.69) is 20.8 Å². The summed E-state index contributed by atoms with van der Waals surface area (Å²) in [5, 5.41) is 0. The Labute approximate surface area is 127 Å². The number of sulfonamides is 1. The molecule has 0 radical (unpaired) electrons. The second kappa shape index (κ2) is 6.51. The van der Waals surface area contributed by atoms with Gasteiger partial charge in [-0.25, -0.2) is 12.8 Å². The highest BCUT2D eigenvalue weighted by molar-refractivity contribution is 9.10. The highest BCUT2D eigenvalue weighted by atomic mass is 79.9. The molecule has 0 spiro atoms. The smallest absolute Gasteiger partial charge is 0.213 e. The molecule has 1 saturated heterocycles. The van der Waals surface area contributed by atoms with Crippen LogP contribution < -0.4 is 0 Å². The summed E-state index contributed by atoms with van der Waals surface area (Å²) in [5.41, 5.74) is 1.01. The SMILES string of the molecule is CCS(=O)(=O)N1CCN(Cc2ccc(F)cc2Br)CC1. The Kier molecular flexibility index (Phi) is 5.17. The number of halogens is 2. The van der Waals surface area contributed by atoms with Gasteiger partial charge in [0.2, 0.25) is 10.0 Å². The molecule has 0 amide bonds. The first-order valence-corrected chi connectivity index (χ1v) is 8.96. The van der Waals surface area contributed by atoms with Crippen LogP contribution in [0.1, 0.15) is 12.5 Å². The Morgan fingerprint density at radius 1 is 1.25 bits per heavy atom. The molecule has 7 heteroatoms. The van der Waals surface area contributed by atoms with Crippen LogP contribution in [0.15, 0.2) is 22.7 Å². The fourth-order valence-corrected chi connectivity index (χ4v) is 3.80. The summed E-state index contributed by atoms with van der Waals surface area (Å²) in [7, 11) is -3.08. The number of rotatable bonds is 4. The lowest BCUT2D eigenvalue weighted by atomic mass is 10.2. The lowest BCUT2D eigenvalue weighted by molar-refractivity contribution is 0.181. The van der Waals surface area contributed by atoms with Crippen molar-refractivity contribution in [1.29, 1.82) is 0 Å². The number of benzene rings is 1. The van der Waals surface area contributed by atoms with E-state index < -0.39 is 10.0 Å². The van der Waals surface area contributed by atoms with Gasteiger partial charge < -0.3 is 0 Å². The first kappa shape index (κ1) is 15.9. The van der Waals surface area contributed by atoms with Gasteiger partial charge in [0.15, 0.2) is 0 Å². The van der Waals surface area contributed by atoms with Gasteiger partial charge in [-0.15, -0.1) is 0 Å². The van der Waals surface area contributed by atoms with Gasteiger partial charge in [0, 0.05) is 37.2 Å². The van der Waals surface area contributed by atoms with Crippen LogP contribution >= 0.6 is 15.9 Å². The lowest BCUT2D eigenvalue weighted by Crippen LogP contribution is -2.48. The molecule has 1 aliphatic heterocycles. The minimum Gasteiger partial charge on any atom is -0.296 e. The Hall–Kier alpha value is -0.500. The van der Waals surface area contributed by atoms with Crippen LogP contribution in [0, 0.1) is 5.82 Å². The van der Waals surface area contributed by atoms with Gasteiger partial charge in [-0.1, -0.05) is 22.0 Å². The van der Waals surface area contributed by atoms with E-state index in [1.807, 2.05) is 0 Å². The molecule has 0 saturated carbocycles. The molecule has 0 aromatic heterocycles. The summed E-state index contributed by atoms with van der Waals surface area (Å²) in [6, 6.07) is 4.65. The van der Waals surface area contributed by atoms with E-state index in [4.69, 9.17) is 0 Å². The third-order valence-electron chi connectivity index (χ3n) is 3.50. The van der Waals surface area contributed by atoms with Crippen LogP contribution in [0.4, 0.5) is 4.39 Å². The fraction of sp³-hybridized carbons (Fsp3) is 0.538. The average molecular weight is 365 g/mol. The molecule has 4 nitrogen and oxygen atoms in total. The molecule has 2 rings (SSSR count). The number of hydrogen-bond acceptors (Lipinski definition) is 3. The second-order valence-electron chi connectivity index (χ2n) is 4.81. The minimum atomic E-state index is -3.08.